The first kappa shape index (κ1) is 23.7. The SMILES string of the molecule is CCN(CC)CCN1CCN(C(=O)c2cc3cc(-c4nc5cscc5[nH]c4=O)[nH]c3cc2F)CC1. The molecule has 4 aromatic rings. The van der Waals surface area contributed by atoms with Gasteiger partial charge in [0, 0.05) is 60.9 Å². The molecule has 184 valence electrons. The van der Waals surface area contributed by atoms with E-state index in [4.69, 9.17) is 0 Å². The summed E-state index contributed by atoms with van der Waals surface area (Å²) >= 11 is 1.46. The third-order valence-corrected chi connectivity index (χ3v) is 7.55. The van der Waals surface area contributed by atoms with E-state index >= 15 is 0 Å². The summed E-state index contributed by atoms with van der Waals surface area (Å²) in [6.07, 6.45) is 0. The van der Waals surface area contributed by atoms with E-state index in [1.807, 2.05) is 10.8 Å². The van der Waals surface area contributed by atoms with Crippen LogP contribution in [0.1, 0.15) is 24.2 Å². The van der Waals surface area contributed by atoms with Gasteiger partial charge in [-0.05, 0) is 31.3 Å². The zero-order valence-electron chi connectivity index (χ0n) is 19.9. The summed E-state index contributed by atoms with van der Waals surface area (Å²) in [5.41, 5.74) is 2.35. The van der Waals surface area contributed by atoms with E-state index in [9.17, 15) is 14.0 Å². The summed E-state index contributed by atoms with van der Waals surface area (Å²) < 4.78 is 15.0. The molecule has 0 unspecified atom stereocenters. The molecule has 1 amide bonds. The second-order valence-corrected chi connectivity index (χ2v) is 9.59. The molecule has 5 rings (SSSR count). The Morgan fingerprint density at radius 3 is 2.60 bits per heavy atom. The van der Waals surface area contributed by atoms with Crippen LogP contribution in [0.2, 0.25) is 0 Å². The third-order valence-electron chi connectivity index (χ3n) is 6.82. The number of aromatic amines is 2. The predicted octanol–water partition coefficient (Wildman–Crippen LogP) is 3.37. The van der Waals surface area contributed by atoms with Crippen LogP contribution in [0, 0.1) is 5.82 Å². The van der Waals surface area contributed by atoms with Gasteiger partial charge in [-0.1, -0.05) is 13.8 Å². The molecule has 1 fully saturated rings. The Labute approximate surface area is 206 Å². The molecule has 10 heteroatoms. The minimum Gasteiger partial charge on any atom is -0.353 e. The number of hydrogen-bond acceptors (Lipinski definition) is 6. The van der Waals surface area contributed by atoms with Crippen molar-refractivity contribution in [3.05, 3.63) is 50.7 Å². The number of hydrogen-bond donors (Lipinski definition) is 2. The number of carbonyl (C=O) groups excluding carboxylic acids is 1. The van der Waals surface area contributed by atoms with Gasteiger partial charge in [-0.2, -0.15) is 0 Å². The highest BCUT2D eigenvalue weighted by Crippen LogP contribution is 2.26. The van der Waals surface area contributed by atoms with E-state index in [0.29, 0.717) is 40.7 Å². The fourth-order valence-electron chi connectivity index (χ4n) is 4.62. The highest BCUT2D eigenvalue weighted by Gasteiger charge is 2.25. The fourth-order valence-corrected chi connectivity index (χ4v) is 5.31. The topological polar surface area (TPSA) is 88.3 Å². The summed E-state index contributed by atoms with van der Waals surface area (Å²) in [4.78, 5) is 42.5. The van der Waals surface area contributed by atoms with Gasteiger partial charge < -0.3 is 19.8 Å². The molecule has 0 bridgehead atoms. The highest BCUT2D eigenvalue weighted by molar-refractivity contribution is 7.09. The van der Waals surface area contributed by atoms with Gasteiger partial charge >= 0.3 is 0 Å². The first-order valence-electron chi connectivity index (χ1n) is 12.0. The lowest BCUT2D eigenvalue weighted by Crippen LogP contribution is -2.50. The third kappa shape index (κ3) is 4.73. The number of benzene rings is 1. The van der Waals surface area contributed by atoms with Gasteiger partial charge in [0.2, 0.25) is 0 Å². The van der Waals surface area contributed by atoms with Crippen molar-refractivity contribution in [1.82, 2.24) is 29.7 Å². The number of carbonyl (C=O) groups is 1. The lowest BCUT2D eigenvalue weighted by atomic mass is 10.1. The number of fused-ring (bicyclic) bond motifs is 2. The molecule has 35 heavy (non-hydrogen) atoms. The predicted molar refractivity (Wildman–Crippen MR) is 138 cm³/mol. The number of nitrogens with zero attached hydrogens (tertiary/aromatic N) is 4. The fraction of sp³-hybridized carbons (Fsp3) is 0.400. The molecule has 0 aliphatic carbocycles. The maximum atomic E-state index is 15.0. The first-order chi connectivity index (χ1) is 17.0. The number of H-pyrrole nitrogens is 2. The number of aromatic nitrogens is 3. The van der Waals surface area contributed by atoms with Crippen LogP contribution in [0.3, 0.4) is 0 Å². The maximum absolute atomic E-state index is 15.0. The van der Waals surface area contributed by atoms with Crippen molar-refractivity contribution in [3.63, 3.8) is 0 Å². The molecule has 3 aromatic heterocycles. The summed E-state index contributed by atoms with van der Waals surface area (Å²) in [6.45, 7) is 11.1. The Bertz CT molecular complexity index is 1410. The van der Waals surface area contributed by atoms with Gasteiger partial charge in [0.1, 0.15) is 5.82 Å². The van der Waals surface area contributed by atoms with E-state index in [2.05, 4.69) is 38.6 Å². The van der Waals surface area contributed by atoms with E-state index in [-0.39, 0.29) is 22.7 Å². The van der Waals surface area contributed by atoms with Crippen molar-refractivity contribution in [1.29, 1.82) is 0 Å². The molecule has 8 nitrogen and oxygen atoms in total. The van der Waals surface area contributed by atoms with Gasteiger partial charge in [-0.15, -0.1) is 11.3 Å². The lowest BCUT2D eigenvalue weighted by Gasteiger charge is -2.35. The van der Waals surface area contributed by atoms with Crippen molar-refractivity contribution < 1.29 is 9.18 Å². The number of rotatable bonds is 7. The smallest absolute Gasteiger partial charge is 0.276 e. The maximum Gasteiger partial charge on any atom is 0.276 e. The summed E-state index contributed by atoms with van der Waals surface area (Å²) in [7, 11) is 0. The summed E-state index contributed by atoms with van der Waals surface area (Å²) in [5, 5.41) is 4.35. The quantitative estimate of drug-likeness (QED) is 0.410. The molecule has 0 saturated carbocycles. The number of thiophene rings is 1. The Kier molecular flexibility index (Phi) is 6.68. The summed E-state index contributed by atoms with van der Waals surface area (Å²) in [6, 6.07) is 4.63. The zero-order chi connectivity index (χ0) is 24.5. The van der Waals surface area contributed by atoms with Crippen molar-refractivity contribution in [2.75, 3.05) is 52.4 Å². The normalized spacial score (nSPS) is 15.0. The van der Waals surface area contributed by atoms with Gasteiger partial charge in [0.05, 0.1) is 22.3 Å². The average Bonchev–Trinajstić information content (AvgIpc) is 3.49. The number of piperazine rings is 1. The number of nitrogens with one attached hydrogen (secondary N) is 2. The molecule has 0 spiro atoms. The van der Waals surface area contributed by atoms with Crippen LogP contribution < -0.4 is 5.56 Å². The molecule has 4 heterocycles. The minimum atomic E-state index is -0.574. The van der Waals surface area contributed by atoms with Crippen LogP contribution in [-0.2, 0) is 0 Å². The van der Waals surface area contributed by atoms with Crippen molar-refractivity contribution in [2.45, 2.75) is 13.8 Å². The standard InChI is InChI=1S/C25H29FN6O2S/c1-3-30(4-2)5-6-31-7-9-32(10-8-31)25(34)17-11-16-12-20(27-19(16)13-18(17)26)23-24(33)29-22-15-35-14-21(22)28-23/h11-15,27H,3-10H2,1-2H3,(H,29,33). The molecule has 2 N–H and O–H groups in total. The molecule has 1 aliphatic heterocycles. The zero-order valence-corrected chi connectivity index (χ0v) is 20.8. The van der Waals surface area contributed by atoms with Gasteiger partial charge in [-0.25, -0.2) is 9.37 Å². The van der Waals surface area contributed by atoms with Crippen LogP contribution in [0.4, 0.5) is 4.39 Å². The molecule has 1 aromatic carbocycles. The molecular formula is C25H29FN6O2S. The van der Waals surface area contributed by atoms with Gasteiger partial charge in [-0.3, -0.25) is 14.5 Å². The molecule has 1 aliphatic rings. The Balaban J connectivity index is 1.33. The molecule has 0 radical (unpaired) electrons. The number of halogens is 1. The Morgan fingerprint density at radius 2 is 1.86 bits per heavy atom. The highest BCUT2D eigenvalue weighted by atomic mass is 32.1. The van der Waals surface area contributed by atoms with Crippen molar-refractivity contribution >= 4 is 39.2 Å². The van der Waals surface area contributed by atoms with Crippen LogP contribution >= 0.6 is 11.3 Å². The van der Waals surface area contributed by atoms with E-state index in [1.54, 1.807) is 17.0 Å². The second-order valence-electron chi connectivity index (χ2n) is 8.85. The monoisotopic (exact) mass is 496 g/mol. The van der Waals surface area contributed by atoms with Gasteiger partial charge in [0.25, 0.3) is 11.5 Å². The van der Waals surface area contributed by atoms with Crippen LogP contribution in [0.25, 0.3) is 33.3 Å². The Morgan fingerprint density at radius 1 is 1.09 bits per heavy atom. The summed E-state index contributed by atoms with van der Waals surface area (Å²) in [5.74, 6) is -0.874. The lowest BCUT2D eigenvalue weighted by molar-refractivity contribution is 0.0620. The molecule has 1 saturated heterocycles. The number of amides is 1. The van der Waals surface area contributed by atoms with Crippen LogP contribution in [-0.4, -0.2) is 87.9 Å². The first-order valence-corrected chi connectivity index (χ1v) is 12.9. The van der Waals surface area contributed by atoms with E-state index in [0.717, 1.165) is 39.3 Å². The number of likely N-dealkylation sites (N-methyl/N-ethyl adjacent to an activating group) is 1. The average molecular weight is 497 g/mol. The van der Waals surface area contributed by atoms with Crippen LogP contribution in [0.15, 0.2) is 33.8 Å². The van der Waals surface area contributed by atoms with E-state index in [1.165, 1.54) is 17.4 Å². The van der Waals surface area contributed by atoms with Crippen molar-refractivity contribution in [3.8, 4) is 11.4 Å². The van der Waals surface area contributed by atoms with Crippen LogP contribution in [0.5, 0.6) is 0 Å². The largest absolute Gasteiger partial charge is 0.353 e. The van der Waals surface area contributed by atoms with Gasteiger partial charge in [0.15, 0.2) is 5.69 Å². The van der Waals surface area contributed by atoms with Crippen molar-refractivity contribution in [2.24, 2.45) is 0 Å². The second kappa shape index (κ2) is 9.88. The molecule has 0 atom stereocenters. The minimum absolute atomic E-state index is 0.0507. The van der Waals surface area contributed by atoms with E-state index < -0.39 is 5.82 Å². The molecular weight excluding hydrogens is 467 g/mol. The Hall–Kier alpha value is -3.08.